The van der Waals surface area contributed by atoms with Gasteiger partial charge in [0.15, 0.2) is 0 Å². The Morgan fingerprint density at radius 1 is 0.958 bits per heavy atom. The van der Waals surface area contributed by atoms with E-state index in [0.29, 0.717) is 19.4 Å². The van der Waals surface area contributed by atoms with Crippen LogP contribution < -0.4 is 16.4 Å². The molecule has 134 valence electrons. The lowest BCUT2D eigenvalue weighted by atomic mass is 10.2. The minimum Gasteiger partial charge on any atom is -0.330 e. The number of benzene rings is 1. The smallest absolute Gasteiger partial charge is 0.321 e. The molecule has 1 aliphatic rings. The monoisotopic (exact) mass is 354 g/mol. The van der Waals surface area contributed by atoms with E-state index >= 15 is 0 Å². The van der Waals surface area contributed by atoms with Gasteiger partial charge in [-0.2, -0.15) is 0 Å². The molecular formula is C17H27ClN4O2. The van der Waals surface area contributed by atoms with Crippen molar-refractivity contribution in [3.05, 3.63) is 24.3 Å². The number of halogens is 1. The lowest BCUT2D eigenvalue weighted by molar-refractivity contribution is -0.116. The number of urea groups is 1. The zero-order chi connectivity index (χ0) is 16.5. The summed E-state index contributed by atoms with van der Waals surface area (Å²) < 4.78 is 0. The van der Waals surface area contributed by atoms with Crippen LogP contribution in [0.15, 0.2) is 24.3 Å². The molecule has 0 radical (unpaired) electrons. The second-order valence-electron chi connectivity index (χ2n) is 5.85. The molecule has 4 N–H and O–H groups in total. The maximum absolute atomic E-state index is 12.2. The molecule has 0 saturated carbocycles. The van der Waals surface area contributed by atoms with Gasteiger partial charge in [-0.1, -0.05) is 12.8 Å². The van der Waals surface area contributed by atoms with Crippen LogP contribution in [0, 0.1) is 0 Å². The van der Waals surface area contributed by atoms with Gasteiger partial charge >= 0.3 is 6.03 Å². The van der Waals surface area contributed by atoms with Gasteiger partial charge in [0.05, 0.1) is 0 Å². The van der Waals surface area contributed by atoms with E-state index in [0.717, 1.165) is 37.3 Å². The van der Waals surface area contributed by atoms with E-state index in [1.54, 1.807) is 24.3 Å². The van der Waals surface area contributed by atoms with E-state index in [2.05, 4.69) is 10.6 Å². The van der Waals surface area contributed by atoms with Crippen molar-refractivity contribution in [2.24, 2.45) is 5.73 Å². The third-order valence-electron chi connectivity index (χ3n) is 3.92. The number of likely N-dealkylation sites (tertiary alicyclic amines) is 1. The number of nitrogens with two attached hydrogens (primary N) is 1. The molecule has 1 aliphatic heterocycles. The normalized spacial score (nSPS) is 14.3. The lowest BCUT2D eigenvalue weighted by Crippen LogP contribution is -2.35. The van der Waals surface area contributed by atoms with Crippen molar-refractivity contribution in [3.63, 3.8) is 0 Å². The van der Waals surface area contributed by atoms with Crippen LogP contribution in [-0.2, 0) is 4.79 Å². The number of rotatable bonds is 5. The predicted molar refractivity (Wildman–Crippen MR) is 99.7 cm³/mol. The summed E-state index contributed by atoms with van der Waals surface area (Å²) in [5.74, 6) is -0.0446. The van der Waals surface area contributed by atoms with Gasteiger partial charge < -0.3 is 21.3 Å². The Kier molecular flexibility index (Phi) is 9.19. The molecular weight excluding hydrogens is 328 g/mol. The Morgan fingerprint density at radius 2 is 1.50 bits per heavy atom. The molecule has 1 aromatic rings. The van der Waals surface area contributed by atoms with Gasteiger partial charge in [-0.25, -0.2) is 4.79 Å². The van der Waals surface area contributed by atoms with Crippen LogP contribution in [0.3, 0.4) is 0 Å². The summed E-state index contributed by atoms with van der Waals surface area (Å²) in [6, 6.07) is 7.13. The number of carbonyl (C=O) groups is 2. The average molecular weight is 355 g/mol. The predicted octanol–water partition coefficient (Wildman–Crippen LogP) is 3.19. The standard InChI is InChI=1S/C17H26N4O2.ClH/c18-11-5-6-16(22)19-14-7-9-15(10-8-14)20-17(23)21-12-3-1-2-4-13-21;/h7-10H,1-6,11-13,18H2,(H,19,22)(H,20,23);1H. The van der Waals surface area contributed by atoms with Crippen molar-refractivity contribution in [2.45, 2.75) is 38.5 Å². The van der Waals surface area contributed by atoms with E-state index < -0.39 is 0 Å². The molecule has 0 unspecified atom stereocenters. The third kappa shape index (κ3) is 6.76. The molecule has 0 bridgehead atoms. The first kappa shape index (κ1) is 20.3. The Labute approximate surface area is 149 Å². The highest BCUT2D eigenvalue weighted by Gasteiger charge is 2.15. The molecule has 1 aromatic carbocycles. The SMILES string of the molecule is Cl.NCCCC(=O)Nc1ccc(NC(=O)N2CCCCCC2)cc1. The van der Waals surface area contributed by atoms with Gasteiger partial charge in [0.2, 0.25) is 5.91 Å². The summed E-state index contributed by atoms with van der Waals surface area (Å²) in [5, 5.41) is 5.72. The molecule has 6 nitrogen and oxygen atoms in total. The molecule has 0 aromatic heterocycles. The number of nitrogens with one attached hydrogen (secondary N) is 2. The van der Waals surface area contributed by atoms with E-state index in [9.17, 15) is 9.59 Å². The summed E-state index contributed by atoms with van der Waals surface area (Å²) >= 11 is 0. The zero-order valence-corrected chi connectivity index (χ0v) is 14.7. The van der Waals surface area contributed by atoms with E-state index in [1.165, 1.54) is 12.8 Å². The van der Waals surface area contributed by atoms with Crippen molar-refractivity contribution < 1.29 is 9.59 Å². The maximum atomic E-state index is 12.2. The number of nitrogens with zero attached hydrogens (tertiary/aromatic N) is 1. The zero-order valence-electron chi connectivity index (χ0n) is 13.9. The van der Waals surface area contributed by atoms with Crippen molar-refractivity contribution in [1.29, 1.82) is 0 Å². The molecule has 7 heteroatoms. The van der Waals surface area contributed by atoms with Gasteiger partial charge in [-0.05, 0) is 50.1 Å². The lowest BCUT2D eigenvalue weighted by Gasteiger charge is -2.20. The van der Waals surface area contributed by atoms with Gasteiger partial charge in [-0.15, -0.1) is 12.4 Å². The largest absolute Gasteiger partial charge is 0.330 e. The highest BCUT2D eigenvalue weighted by Crippen LogP contribution is 2.16. The number of hydrogen-bond acceptors (Lipinski definition) is 3. The first-order valence-electron chi connectivity index (χ1n) is 8.35. The van der Waals surface area contributed by atoms with Crippen molar-refractivity contribution in [2.75, 3.05) is 30.3 Å². The quantitative estimate of drug-likeness (QED) is 0.758. The van der Waals surface area contributed by atoms with E-state index in [1.807, 2.05) is 4.90 Å². The molecule has 0 atom stereocenters. The van der Waals surface area contributed by atoms with Crippen LogP contribution >= 0.6 is 12.4 Å². The van der Waals surface area contributed by atoms with Crippen LogP contribution in [0.25, 0.3) is 0 Å². The fourth-order valence-electron chi connectivity index (χ4n) is 2.60. The first-order valence-corrected chi connectivity index (χ1v) is 8.35. The number of hydrogen-bond donors (Lipinski definition) is 3. The van der Waals surface area contributed by atoms with Crippen molar-refractivity contribution in [1.82, 2.24) is 4.90 Å². The fraction of sp³-hybridized carbons (Fsp3) is 0.529. The number of anilines is 2. The van der Waals surface area contributed by atoms with Crippen LogP contribution in [0.2, 0.25) is 0 Å². The summed E-state index contributed by atoms with van der Waals surface area (Å²) in [5.41, 5.74) is 6.84. The number of carbonyl (C=O) groups excluding carboxylic acids is 2. The molecule has 1 saturated heterocycles. The van der Waals surface area contributed by atoms with E-state index in [-0.39, 0.29) is 24.3 Å². The maximum Gasteiger partial charge on any atom is 0.321 e. The molecule has 1 heterocycles. The Morgan fingerprint density at radius 3 is 2.04 bits per heavy atom. The van der Waals surface area contributed by atoms with Gasteiger partial charge in [-0.3, -0.25) is 4.79 Å². The second kappa shape index (κ2) is 10.9. The molecule has 1 fully saturated rings. The van der Waals surface area contributed by atoms with E-state index in [4.69, 9.17) is 5.73 Å². The Bertz CT molecular complexity index is 514. The fourth-order valence-corrected chi connectivity index (χ4v) is 2.60. The number of amides is 3. The third-order valence-corrected chi connectivity index (χ3v) is 3.92. The highest BCUT2D eigenvalue weighted by molar-refractivity contribution is 5.92. The molecule has 0 aliphatic carbocycles. The molecule has 24 heavy (non-hydrogen) atoms. The highest BCUT2D eigenvalue weighted by atomic mass is 35.5. The second-order valence-corrected chi connectivity index (χ2v) is 5.85. The Balaban J connectivity index is 0.00000288. The van der Waals surface area contributed by atoms with Crippen molar-refractivity contribution >= 4 is 35.7 Å². The van der Waals surface area contributed by atoms with Gasteiger partial charge in [0.1, 0.15) is 0 Å². The molecule has 2 rings (SSSR count). The average Bonchev–Trinajstić information content (AvgIpc) is 2.84. The first-order chi connectivity index (χ1) is 11.2. The Hall–Kier alpha value is -1.79. The van der Waals surface area contributed by atoms with Crippen LogP contribution in [0.1, 0.15) is 38.5 Å². The summed E-state index contributed by atoms with van der Waals surface area (Å²) in [6.07, 6.45) is 5.63. The summed E-state index contributed by atoms with van der Waals surface area (Å²) in [7, 11) is 0. The molecule has 0 spiro atoms. The summed E-state index contributed by atoms with van der Waals surface area (Å²) in [6.45, 7) is 2.15. The minimum atomic E-state index is -0.0494. The van der Waals surface area contributed by atoms with Crippen LogP contribution in [0.5, 0.6) is 0 Å². The van der Waals surface area contributed by atoms with Gasteiger partial charge in [0, 0.05) is 30.9 Å². The minimum absolute atomic E-state index is 0. The van der Waals surface area contributed by atoms with Crippen molar-refractivity contribution in [3.8, 4) is 0 Å². The molecule has 3 amide bonds. The summed E-state index contributed by atoms with van der Waals surface area (Å²) in [4.78, 5) is 25.7. The van der Waals surface area contributed by atoms with Crippen LogP contribution in [0.4, 0.5) is 16.2 Å². The topological polar surface area (TPSA) is 87.5 Å². The van der Waals surface area contributed by atoms with Crippen LogP contribution in [-0.4, -0.2) is 36.5 Å². The van der Waals surface area contributed by atoms with Gasteiger partial charge in [0.25, 0.3) is 0 Å².